The van der Waals surface area contributed by atoms with Crippen molar-refractivity contribution in [2.75, 3.05) is 6.54 Å². The number of benzene rings is 1. The first-order chi connectivity index (χ1) is 11.5. The highest BCUT2D eigenvalue weighted by molar-refractivity contribution is 6.27. The first-order valence-corrected chi connectivity index (χ1v) is 8.10. The predicted molar refractivity (Wildman–Crippen MR) is 93.0 cm³/mol. The van der Waals surface area contributed by atoms with E-state index in [0.717, 1.165) is 5.56 Å². The molecule has 1 unspecified atom stereocenters. The van der Waals surface area contributed by atoms with Crippen LogP contribution < -0.4 is 5.32 Å². The Labute approximate surface area is 146 Å². The maximum absolute atomic E-state index is 12.5. The van der Waals surface area contributed by atoms with E-state index in [9.17, 15) is 19.5 Å². The summed E-state index contributed by atoms with van der Waals surface area (Å²) in [5, 5.41) is 12.8. The van der Waals surface area contributed by atoms with E-state index in [1.54, 1.807) is 52.8 Å². The van der Waals surface area contributed by atoms with Crippen LogP contribution in [-0.4, -0.2) is 34.9 Å². The molecule has 134 valence electrons. The van der Waals surface area contributed by atoms with Gasteiger partial charge >= 0.3 is 5.97 Å². The second kappa shape index (κ2) is 6.70. The molecular formula is C19H23NO5. The molecule has 1 aromatic rings. The van der Waals surface area contributed by atoms with Crippen molar-refractivity contribution >= 4 is 23.4 Å². The number of fused-ring (bicyclic) bond motifs is 1. The largest absolute Gasteiger partial charge is 0.506 e. The summed E-state index contributed by atoms with van der Waals surface area (Å²) in [7, 11) is 0. The Morgan fingerprint density at radius 1 is 1.28 bits per heavy atom. The van der Waals surface area contributed by atoms with Gasteiger partial charge in [-0.2, -0.15) is 0 Å². The van der Waals surface area contributed by atoms with Gasteiger partial charge in [0.05, 0.1) is 0 Å². The van der Waals surface area contributed by atoms with Crippen LogP contribution in [0.1, 0.15) is 50.3 Å². The molecule has 1 aromatic carbocycles. The Balaban J connectivity index is 2.27. The number of Topliss-reactive ketones (excluding diaryl/α,β-unsaturated/α-hetero) is 1. The summed E-state index contributed by atoms with van der Waals surface area (Å²) < 4.78 is 5.11. The average Bonchev–Trinajstić information content (AvgIpc) is 2.49. The summed E-state index contributed by atoms with van der Waals surface area (Å²) in [6.45, 7) is 8.25. The van der Waals surface area contributed by atoms with Crippen LogP contribution in [0.2, 0.25) is 0 Å². The molecule has 0 bridgehead atoms. The standard InChI is InChI=1S/C19H23NO5/c1-10-7-6-8-12-11(2)16(22)15(17(23)14(10)12)18(24)20-9-13(21)25-19(3,4)5/h6-8,11,23H,9H2,1-5H3,(H,20,24). The van der Waals surface area contributed by atoms with Crippen LogP contribution in [0.15, 0.2) is 23.8 Å². The molecule has 6 heteroatoms. The maximum Gasteiger partial charge on any atom is 0.325 e. The summed E-state index contributed by atoms with van der Waals surface area (Å²) >= 11 is 0. The number of carbonyl (C=O) groups is 3. The number of carbonyl (C=O) groups excluding carboxylic acids is 3. The van der Waals surface area contributed by atoms with Gasteiger partial charge in [-0.3, -0.25) is 14.4 Å². The van der Waals surface area contributed by atoms with Crippen LogP contribution >= 0.6 is 0 Å². The van der Waals surface area contributed by atoms with Gasteiger partial charge in [0.2, 0.25) is 0 Å². The second-order valence-electron chi connectivity index (χ2n) is 7.12. The molecule has 1 aliphatic carbocycles. The van der Waals surface area contributed by atoms with E-state index < -0.39 is 29.2 Å². The van der Waals surface area contributed by atoms with Gasteiger partial charge in [0.25, 0.3) is 5.91 Å². The van der Waals surface area contributed by atoms with E-state index in [1.807, 2.05) is 0 Å². The fraction of sp³-hybridized carbons (Fsp3) is 0.421. The molecular weight excluding hydrogens is 322 g/mol. The van der Waals surface area contributed by atoms with Crippen LogP contribution in [0.4, 0.5) is 0 Å². The van der Waals surface area contributed by atoms with Gasteiger partial charge in [-0.25, -0.2) is 0 Å². The quantitative estimate of drug-likeness (QED) is 0.648. The first-order valence-electron chi connectivity index (χ1n) is 8.10. The lowest BCUT2D eigenvalue weighted by Gasteiger charge is -2.25. The van der Waals surface area contributed by atoms with Crippen molar-refractivity contribution in [3.05, 3.63) is 40.5 Å². The molecule has 1 atom stereocenters. The molecule has 0 aromatic heterocycles. The molecule has 0 aliphatic heterocycles. The highest BCUT2D eigenvalue weighted by Crippen LogP contribution is 2.36. The molecule has 2 N–H and O–H groups in total. The summed E-state index contributed by atoms with van der Waals surface area (Å²) in [6, 6.07) is 5.36. The van der Waals surface area contributed by atoms with E-state index in [1.165, 1.54) is 0 Å². The monoisotopic (exact) mass is 345 g/mol. The number of nitrogens with one attached hydrogen (secondary N) is 1. The number of amides is 1. The van der Waals surface area contributed by atoms with Crippen LogP contribution in [-0.2, 0) is 19.1 Å². The topological polar surface area (TPSA) is 92.7 Å². The van der Waals surface area contributed by atoms with Crippen molar-refractivity contribution in [1.82, 2.24) is 5.32 Å². The number of hydrogen-bond acceptors (Lipinski definition) is 5. The minimum absolute atomic E-state index is 0.321. The average molecular weight is 345 g/mol. The number of ether oxygens (including phenoxy) is 1. The van der Waals surface area contributed by atoms with Gasteiger partial charge in [-0.1, -0.05) is 25.1 Å². The third-order valence-corrected chi connectivity index (χ3v) is 3.93. The Bertz CT molecular complexity index is 771. The van der Waals surface area contributed by atoms with Crippen molar-refractivity contribution < 1.29 is 24.2 Å². The number of hydrogen-bond donors (Lipinski definition) is 2. The van der Waals surface area contributed by atoms with Crippen LogP contribution in [0.3, 0.4) is 0 Å². The lowest BCUT2D eigenvalue weighted by molar-refractivity contribution is -0.154. The Hall–Kier alpha value is -2.63. The van der Waals surface area contributed by atoms with Crippen molar-refractivity contribution in [2.45, 2.75) is 46.1 Å². The van der Waals surface area contributed by atoms with Gasteiger partial charge in [0.15, 0.2) is 5.78 Å². The zero-order valence-corrected chi connectivity index (χ0v) is 15.1. The molecule has 2 rings (SSSR count). The van der Waals surface area contributed by atoms with Gasteiger partial charge in [-0.05, 0) is 38.8 Å². The van der Waals surface area contributed by atoms with E-state index in [0.29, 0.717) is 11.1 Å². The fourth-order valence-electron chi connectivity index (χ4n) is 2.81. The highest BCUT2D eigenvalue weighted by atomic mass is 16.6. The van der Waals surface area contributed by atoms with Crippen molar-refractivity contribution in [2.24, 2.45) is 0 Å². The first kappa shape index (κ1) is 18.7. The molecule has 0 radical (unpaired) electrons. The number of aliphatic hydroxyl groups is 1. The molecule has 1 amide bonds. The number of aryl methyl sites for hydroxylation is 1. The van der Waals surface area contributed by atoms with Gasteiger partial charge < -0.3 is 15.2 Å². The molecule has 1 aliphatic rings. The number of aliphatic hydroxyl groups excluding tert-OH is 1. The van der Waals surface area contributed by atoms with Crippen molar-refractivity contribution in [3.8, 4) is 0 Å². The van der Waals surface area contributed by atoms with Crippen LogP contribution in [0.5, 0.6) is 0 Å². The summed E-state index contributed by atoms with van der Waals surface area (Å²) in [5.41, 5.74) is 0.960. The smallest absolute Gasteiger partial charge is 0.325 e. The highest BCUT2D eigenvalue weighted by Gasteiger charge is 2.36. The lowest BCUT2D eigenvalue weighted by atomic mass is 9.80. The molecule has 0 heterocycles. The van der Waals surface area contributed by atoms with E-state index in [2.05, 4.69) is 5.32 Å². The predicted octanol–water partition coefficient (Wildman–Crippen LogP) is 2.41. The number of ketones is 1. The van der Waals surface area contributed by atoms with Crippen LogP contribution in [0, 0.1) is 6.92 Å². The summed E-state index contributed by atoms with van der Waals surface area (Å²) in [5.74, 6) is -2.77. The Morgan fingerprint density at radius 2 is 1.92 bits per heavy atom. The second-order valence-corrected chi connectivity index (χ2v) is 7.12. The normalized spacial score (nSPS) is 17.2. The fourth-order valence-corrected chi connectivity index (χ4v) is 2.81. The minimum Gasteiger partial charge on any atom is -0.506 e. The van der Waals surface area contributed by atoms with E-state index in [-0.39, 0.29) is 17.9 Å². The molecule has 0 spiro atoms. The van der Waals surface area contributed by atoms with Gasteiger partial charge in [-0.15, -0.1) is 0 Å². The zero-order valence-electron chi connectivity index (χ0n) is 15.1. The van der Waals surface area contributed by atoms with E-state index >= 15 is 0 Å². The SMILES string of the molecule is Cc1cccc2c1C(O)=C(C(=O)NCC(=O)OC(C)(C)C)C(=O)C2C. The zero-order chi connectivity index (χ0) is 18.9. The third-order valence-electron chi connectivity index (χ3n) is 3.93. The molecule has 0 saturated carbocycles. The minimum atomic E-state index is -0.783. The Morgan fingerprint density at radius 3 is 2.52 bits per heavy atom. The third kappa shape index (κ3) is 3.90. The van der Waals surface area contributed by atoms with Crippen molar-refractivity contribution in [1.29, 1.82) is 0 Å². The Kier molecular flexibility index (Phi) is 5.02. The molecule has 0 fully saturated rings. The molecule has 25 heavy (non-hydrogen) atoms. The van der Waals surface area contributed by atoms with Gasteiger partial charge in [0, 0.05) is 11.5 Å². The van der Waals surface area contributed by atoms with Crippen LogP contribution in [0.25, 0.3) is 5.76 Å². The number of rotatable bonds is 3. The molecule has 6 nitrogen and oxygen atoms in total. The number of esters is 1. The lowest BCUT2D eigenvalue weighted by Crippen LogP contribution is -2.38. The maximum atomic E-state index is 12.5. The van der Waals surface area contributed by atoms with Crippen molar-refractivity contribution in [3.63, 3.8) is 0 Å². The van der Waals surface area contributed by atoms with E-state index in [4.69, 9.17) is 4.74 Å². The summed E-state index contributed by atoms with van der Waals surface area (Å²) in [6.07, 6.45) is 0. The van der Waals surface area contributed by atoms with Gasteiger partial charge in [0.1, 0.15) is 23.5 Å². The molecule has 0 saturated heterocycles. The summed E-state index contributed by atoms with van der Waals surface area (Å²) in [4.78, 5) is 36.7.